The van der Waals surface area contributed by atoms with E-state index in [0.29, 0.717) is 0 Å². The Hall–Kier alpha value is -1.28. The lowest BCUT2D eigenvalue weighted by Gasteiger charge is -2.18. The van der Waals surface area contributed by atoms with Gasteiger partial charge in [-0.1, -0.05) is 31.6 Å². The molecule has 17 heavy (non-hydrogen) atoms. The summed E-state index contributed by atoms with van der Waals surface area (Å²) in [6.07, 6.45) is 6.67. The van der Waals surface area contributed by atoms with Gasteiger partial charge in [-0.2, -0.15) is 0 Å². The average Bonchev–Trinajstić information content (AvgIpc) is 2.38. The molecule has 0 saturated heterocycles. The van der Waals surface area contributed by atoms with E-state index in [1.165, 1.54) is 29.5 Å². The zero-order valence-electron chi connectivity index (χ0n) is 10.5. The number of hydrogen-bond acceptors (Lipinski definition) is 2. The third-order valence-electron chi connectivity index (χ3n) is 3.30. The summed E-state index contributed by atoms with van der Waals surface area (Å²) in [5.74, 6) is 0. The van der Waals surface area contributed by atoms with E-state index in [2.05, 4.69) is 25.1 Å². The van der Waals surface area contributed by atoms with E-state index >= 15 is 0 Å². The summed E-state index contributed by atoms with van der Waals surface area (Å²) in [7, 11) is 0. The van der Waals surface area contributed by atoms with E-state index < -0.39 is 0 Å². The number of hydrogen-bond donors (Lipinski definition) is 1. The van der Waals surface area contributed by atoms with Crippen LogP contribution in [0.1, 0.15) is 37.3 Å². The van der Waals surface area contributed by atoms with Crippen LogP contribution in [0.5, 0.6) is 0 Å². The van der Waals surface area contributed by atoms with Crippen LogP contribution in [0.4, 0.5) is 5.69 Å². The molecular formula is C15H21NO. The summed E-state index contributed by atoms with van der Waals surface area (Å²) < 4.78 is 5.36. The molecule has 1 aliphatic heterocycles. The van der Waals surface area contributed by atoms with E-state index in [1.807, 2.05) is 6.07 Å². The van der Waals surface area contributed by atoms with Crippen molar-refractivity contribution in [1.82, 2.24) is 0 Å². The van der Waals surface area contributed by atoms with Crippen LogP contribution in [-0.2, 0) is 11.2 Å². The van der Waals surface area contributed by atoms with Gasteiger partial charge in [-0.25, -0.2) is 0 Å². The van der Waals surface area contributed by atoms with Gasteiger partial charge in [-0.3, -0.25) is 0 Å². The van der Waals surface area contributed by atoms with Crippen molar-refractivity contribution in [2.45, 2.75) is 32.6 Å². The maximum absolute atomic E-state index is 6.11. The van der Waals surface area contributed by atoms with Crippen molar-refractivity contribution in [2.75, 3.05) is 18.9 Å². The third kappa shape index (κ3) is 2.89. The predicted octanol–water partition coefficient (Wildman–Crippen LogP) is 3.42. The summed E-state index contributed by atoms with van der Waals surface area (Å²) in [4.78, 5) is 0. The average molecular weight is 231 g/mol. The van der Waals surface area contributed by atoms with Crippen LogP contribution in [0.15, 0.2) is 24.3 Å². The second-order valence-electron chi connectivity index (χ2n) is 4.53. The minimum Gasteiger partial charge on any atom is -0.398 e. The van der Waals surface area contributed by atoms with Gasteiger partial charge in [0, 0.05) is 5.69 Å². The number of benzene rings is 1. The fourth-order valence-corrected chi connectivity index (χ4v) is 2.31. The molecule has 0 atom stereocenters. The van der Waals surface area contributed by atoms with Gasteiger partial charge in [-0.15, -0.1) is 0 Å². The van der Waals surface area contributed by atoms with Crippen LogP contribution in [-0.4, -0.2) is 13.2 Å². The number of nitrogens with two attached hydrogens (primary N) is 1. The molecule has 0 aromatic heterocycles. The second kappa shape index (κ2) is 5.87. The second-order valence-corrected chi connectivity index (χ2v) is 4.53. The Morgan fingerprint density at radius 2 is 2.24 bits per heavy atom. The van der Waals surface area contributed by atoms with E-state index in [9.17, 15) is 0 Å². The minimum absolute atomic E-state index is 0.733. The molecule has 2 N–H and O–H groups in total. The lowest BCUT2D eigenvalue weighted by Crippen LogP contribution is -2.07. The summed E-state index contributed by atoms with van der Waals surface area (Å²) in [5, 5.41) is 0. The van der Waals surface area contributed by atoms with Crippen molar-refractivity contribution >= 4 is 11.3 Å². The number of rotatable bonds is 4. The number of nitrogen functional groups attached to an aromatic ring is 1. The molecule has 0 fully saturated rings. The maximum Gasteiger partial charge on any atom is 0.0653 e. The largest absolute Gasteiger partial charge is 0.398 e. The summed E-state index contributed by atoms with van der Waals surface area (Å²) in [6.45, 7) is 3.78. The van der Waals surface area contributed by atoms with Crippen molar-refractivity contribution in [3.63, 3.8) is 0 Å². The highest BCUT2D eigenvalue weighted by Gasteiger charge is 2.12. The van der Waals surface area contributed by atoms with Crippen LogP contribution in [0, 0.1) is 0 Å². The first-order chi connectivity index (χ1) is 8.33. The molecule has 2 heteroatoms. The van der Waals surface area contributed by atoms with Gasteiger partial charge < -0.3 is 10.5 Å². The van der Waals surface area contributed by atoms with Crippen LogP contribution in [0.2, 0.25) is 0 Å². The Labute approximate surface area is 103 Å². The Morgan fingerprint density at radius 3 is 2.94 bits per heavy atom. The zero-order chi connectivity index (χ0) is 12.1. The molecule has 0 saturated carbocycles. The highest BCUT2D eigenvalue weighted by atomic mass is 16.5. The maximum atomic E-state index is 6.11. The van der Waals surface area contributed by atoms with E-state index in [4.69, 9.17) is 10.5 Å². The van der Waals surface area contributed by atoms with Gasteiger partial charge >= 0.3 is 0 Å². The van der Waals surface area contributed by atoms with Crippen molar-refractivity contribution < 1.29 is 4.74 Å². The van der Waals surface area contributed by atoms with Gasteiger partial charge in [0.05, 0.1) is 13.2 Å². The van der Waals surface area contributed by atoms with Crippen molar-refractivity contribution in [3.05, 3.63) is 35.4 Å². The molecule has 0 radical (unpaired) electrons. The molecule has 92 valence electrons. The fraction of sp³-hybridized carbons (Fsp3) is 0.467. The molecule has 1 heterocycles. The molecule has 0 aliphatic carbocycles. The molecule has 1 aromatic carbocycles. The standard InChI is InChI=1S/C15H21NO/c1-2-3-5-14-13(6-4-7-15(14)16)12-8-10-17-11-9-12/h4,6-8H,2-3,5,9-11,16H2,1H3. The predicted molar refractivity (Wildman–Crippen MR) is 72.9 cm³/mol. The summed E-state index contributed by atoms with van der Waals surface area (Å²) in [6, 6.07) is 6.25. The van der Waals surface area contributed by atoms with Gasteiger partial charge in [-0.05, 0) is 42.0 Å². The quantitative estimate of drug-likeness (QED) is 0.806. The van der Waals surface area contributed by atoms with Crippen LogP contribution in [0.3, 0.4) is 0 Å². The van der Waals surface area contributed by atoms with Crippen LogP contribution in [0.25, 0.3) is 5.57 Å². The van der Waals surface area contributed by atoms with E-state index in [1.54, 1.807) is 0 Å². The van der Waals surface area contributed by atoms with Crippen molar-refractivity contribution in [3.8, 4) is 0 Å². The Bertz CT molecular complexity index is 409. The number of ether oxygens (including phenoxy) is 1. The molecule has 0 spiro atoms. The van der Waals surface area contributed by atoms with Gasteiger partial charge in [0.25, 0.3) is 0 Å². The van der Waals surface area contributed by atoms with Gasteiger partial charge in [0.2, 0.25) is 0 Å². The smallest absolute Gasteiger partial charge is 0.0653 e. The van der Waals surface area contributed by atoms with Crippen molar-refractivity contribution in [1.29, 1.82) is 0 Å². The molecule has 1 aromatic rings. The first-order valence-corrected chi connectivity index (χ1v) is 6.47. The number of anilines is 1. The monoisotopic (exact) mass is 231 g/mol. The van der Waals surface area contributed by atoms with Gasteiger partial charge in [0.15, 0.2) is 0 Å². The molecule has 2 rings (SSSR count). The van der Waals surface area contributed by atoms with Crippen molar-refractivity contribution in [2.24, 2.45) is 0 Å². The highest BCUT2D eigenvalue weighted by Crippen LogP contribution is 2.29. The molecule has 0 unspecified atom stereocenters. The topological polar surface area (TPSA) is 35.2 Å². The number of unbranched alkanes of at least 4 members (excludes halogenated alkanes) is 1. The summed E-state index contributed by atoms with van der Waals surface area (Å²) in [5.41, 5.74) is 11.1. The lowest BCUT2D eigenvalue weighted by molar-refractivity contribution is 0.161. The first-order valence-electron chi connectivity index (χ1n) is 6.47. The van der Waals surface area contributed by atoms with E-state index in [-0.39, 0.29) is 0 Å². The Balaban J connectivity index is 2.31. The normalized spacial score (nSPS) is 15.7. The molecule has 0 amide bonds. The highest BCUT2D eigenvalue weighted by molar-refractivity contribution is 5.73. The fourth-order valence-electron chi connectivity index (χ4n) is 2.31. The Morgan fingerprint density at radius 1 is 1.35 bits per heavy atom. The SMILES string of the molecule is CCCCc1c(N)cccc1C1=CCOCC1. The van der Waals surface area contributed by atoms with Crippen LogP contribution < -0.4 is 5.73 Å². The zero-order valence-corrected chi connectivity index (χ0v) is 10.5. The molecular weight excluding hydrogens is 210 g/mol. The van der Waals surface area contributed by atoms with Crippen LogP contribution >= 0.6 is 0 Å². The molecule has 2 nitrogen and oxygen atoms in total. The lowest BCUT2D eigenvalue weighted by atomic mass is 9.92. The minimum atomic E-state index is 0.733. The first kappa shape index (κ1) is 12.2. The third-order valence-corrected chi connectivity index (χ3v) is 3.30. The molecule has 0 bridgehead atoms. The van der Waals surface area contributed by atoms with E-state index in [0.717, 1.165) is 31.7 Å². The Kier molecular flexibility index (Phi) is 4.21. The molecule has 1 aliphatic rings. The van der Waals surface area contributed by atoms with Gasteiger partial charge in [0.1, 0.15) is 0 Å². The summed E-state index contributed by atoms with van der Waals surface area (Å²) >= 11 is 0.